The van der Waals surface area contributed by atoms with Crippen molar-refractivity contribution in [3.63, 3.8) is 0 Å². The fourth-order valence-electron chi connectivity index (χ4n) is 3.13. The van der Waals surface area contributed by atoms with E-state index in [9.17, 15) is 4.79 Å². The Morgan fingerprint density at radius 3 is 2.65 bits per heavy atom. The summed E-state index contributed by atoms with van der Waals surface area (Å²) in [4.78, 5) is 12.6. The lowest BCUT2D eigenvalue weighted by Crippen LogP contribution is -2.49. The monoisotopic (exact) mass is 270 g/mol. The molecule has 1 amide bonds. The SMILES string of the molecule is O=C(NCC1=CCNCC1)C1(c2ccccc2)CCC1. The molecule has 0 radical (unpaired) electrons. The Morgan fingerprint density at radius 1 is 1.25 bits per heavy atom. The molecule has 1 fully saturated rings. The highest BCUT2D eigenvalue weighted by Crippen LogP contribution is 2.43. The molecule has 2 N–H and O–H groups in total. The van der Waals surface area contributed by atoms with E-state index in [1.54, 1.807) is 0 Å². The standard InChI is InChI=1S/C17H22N2O/c20-16(19-13-14-7-11-18-12-8-14)17(9-4-10-17)15-5-2-1-3-6-15/h1-3,5-7,18H,4,8-13H2,(H,19,20). The van der Waals surface area contributed by atoms with Gasteiger partial charge in [0.05, 0.1) is 5.41 Å². The fraction of sp³-hybridized carbons (Fsp3) is 0.471. The number of hydrogen-bond acceptors (Lipinski definition) is 2. The van der Waals surface area contributed by atoms with Crippen LogP contribution in [-0.4, -0.2) is 25.5 Å². The van der Waals surface area contributed by atoms with Gasteiger partial charge in [-0.05, 0) is 31.4 Å². The number of carbonyl (C=O) groups excluding carboxylic acids is 1. The van der Waals surface area contributed by atoms with Gasteiger partial charge in [-0.2, -0.15) is 0 Å². The summed E-state index contributed by atoms with van der Waals surface area (Å²) >= 11 is 0. The van der Waals surface area contributed by atoms with Gasteiger partial charge in [-0.25, -0.2) is 0 Å². The number of hydrogen-bond donors (Lipinski definition) is 2. The van der Waals surface area contributed by atoms with Gasteiger partial charge in [-0.3, -0.25) is 4.79 Å². The van der Waals surface area contributed by atoms with Crippen molar-refractivity contribution >= 4 is 5.91 Å². The molecule has 3 heteroatoms. The maximum Gasteiger partial charge on any atom is 0.230 e. The maximum atomic E-state index is 12.6. The third-order valence-electron chi connectivity index (χ3n) is 4.60. The molecular weight excluding hydrogens is 248 g/mol. The summed E-state index contributed by atoms with van der Waals surface area (Å²) in [6.07, 6.45) is 6.33. The first-order valence-corrected chi connectivity index (χ1v) is 7.54. The molecule has 20 heavy (non-hydrogen) atoms. The highest BCUT2D eigenvalue weighted by molar-refractivity contribution is 5.89. The Labute approximate surface area is 120 Å². The summed E-state index contributed by atoms with van der Waals surface area (Å²) in [7, 11) is 0. The van der Waals surface area contributed by atoms with E-state index in [-0.39, 0.29) is 11.3 Å². The Hall–Kier alpha value is -1.61. The number of benzene rings is 1. The van der Waals surface area contributed by atoms with Crippen molar-refractivity contribution in [2.24, 2.45) is 0 Å². The molecule has 1 aromatic rings. The molecule has 0 aromatic heterocycles. The first kappa shape index (κ1) is 13.4. The molecule has 0 unspecified atom stereocenters. The molecule has 0 saturated heterocycles. The zero-order chi connectivity index (χ0) is 13.8. The zero-order valence-electron chi connectivity index (χ0n) is 11.8. The third kappa shape index (κ3) is 2.50. The first-order valence-electron chi connectivity index (χ1n) is 7.54. The topological polar surface area (TPSA) is 41.1 Å². The van der Waals surface area contributed by atoms with Crippen LogP contribution in [0.25, 0.3) is 0 Å². The molecule has 1 heterocycles. The number of carbonyl (C=O) groups is 1. The molecular formula is C17H22N2O. The molecule has 0 spiro atoms. The lowest BCUT2D eigenvalue weighted by molar-refractivity contribution is -0.129. The molecule has 0 bridgehead atoms. The van der Waals surface area contributed by atoms with Crippen molar-refractivity contribution in [2.75, 3.05) is 19.6 Å². The minimum atomic E-state index is -0.269. The van der Waals surface area contributed by atoms with Crippen molar-refractivity contribution in [2.45, 2.75) is 31.1 Å². The quantitative estimate of drug-likeness (QED) is 0.823. The van der Waals surface area contributed by atoms with Crippen LogP contribution < -0.4 is 10.6 Å². The van der Waals surface area contributed by atoms with Crippen molar-refractivity contribution < 1.29 is 4.79 Å². The predicted molar refractivity (Wildman–Crippen MR) is 80.6 cm³/mol. The third-order valence-corrected chi connectivity index (χ3v) is 4.60. The van der Waals surface area contributed by atoms with Crippen LogP contribution in [0.3, 0.4) is 0 Å². The van der Waals surface area contributed by atoms with Gasteiger partial charge >= 0.3 is 0 Å². The summed E-state index contributed by atoms with van der Waals surface area (Å²) in [5.74, 6) is 0.203. The second-order valence-corrected chi connectivity index (χ2v) is 5.80. The number of nitrogens with one attached hydrogen (secondary N) is 2. The van der Waals surface area contributed by atoms with Gasteiger partial charge in [0.2, 0.25) is 5.91 Å². The highest BCUT2D eigenvalue weighted by atomic mass is 16.2. The molecule has 3 rings (SSSR count). The van der Waals surface area contributed by atoms with Crippen LogP contribution in [0, 0.1) is 0 Å². The van der Waals surface area contributed by atoms with Crippen molar-refractivity contribution in [3.8, 4) is 0 Å². The van der Waals surface area contributed by atoms with Crippen molar-refractivity contribution in [1.29, 1.82) is 0 Å². The first-order chi connectivity index (χ1) is 9.81. The summed E-state index contributed by atoms with van der Waals surface area (Å²) in [6.45, 7) is 2.65. The van der Waals surface area contributed by atoms with Gasteiger partial charge in [0.25, 0.3) is 0 Å². The lowest BCUT2D eigenvalue weighted by Gasteiger charge is -2.40. The summed E-state index contributed by atoms with van der Waals surface area (Å²) in [6, 6.07) is 10.2. The van der Waals surface area contributed by atoms with Crippen LogP contribution in [0.5, 0.6) is 0 Å². The van der Waals surface area contributed by atoms with Gasteiger partial charge in [0.1, 0.15) is 0 Å². The van der Waals surface area contributed by atoms with E-state index in [4.69, 9.17) is 0 Å². The Kier molecular flexibility index (Phi) is 3.88. The minimum Gasteiger partial charge on any atom is -0.352 e. The van der Waals surface area contributed by atoms with E-state index >= 15 is 0 Å². The van der Waals surface area contributed by atoms with E-state index in [0.717, 1.165) is 38.8 Å². The Balaban J connectivity index is 1.67. The van der Waals surface area contributed by atoms with Gasteiger partial charge in [0.15, 0.2) is 0 Å². The number of amides is 1. The predicted octanol–water partition coefficient (Wildman–Crippen LogP) is 2.14. The summed E-state index contributed by atoms with van der Waals surface area (Å²) in [5.41, 5.74) is 2.25. The lowest BCUT2D eigenvalue weighted by atomic mass is 9.64. The van der Waals surface area contributed by atoms with E-state index in [0.29, 0.717) is 6.54 Å². The van der Waals surface area contributed by atoms with E-state index in [2.05, 4.69) is 28.8 Å². The van der Waals surface area contributed by atoms with E-state index in [1.165, 1.54) is 11.1 Å². The van der Waals surface area contributed by atoms with Gasteiger partial charge in [-0.1, -0.05) is 48.4 Å². The van der Waals surface area contributed by atoms with Crippen LogP contribution in [0.4, 0.5) is 0 Å². The van der Waals surface area contributed by atoms with E-state index in [1.807, 2.05) is 18.2 Å². The molecule has 1 aliphatic carbocycles. The average molecular weight is 270 g/mol. The van der Waals surface area contributed by atoms with Gasteiger partial charge in [-0.15, -0.1) is 0 Å². The Bertz CT molecular complexity index is 503. The molecule has 106 valence electrons. The zero-order valence-corrected chi connectivity index (χ0v) is 11.8. The molecule has 3 nitrogen and oxygen atoms in total. The van der Waals surface area contributed by atoms with Crippen LogP contribution in [0.1, 0.15) is 31.2 Å². The van der Waals surface area contributed by atoms with E-state index < -0.39 is 0 Å². The maximum absolute atomic E-state index is 12.6. The molecule has 1 aliphatic heterocycles. The second kappa shape index (κ2) is 5.80. The molecule has 0 atom stereocenters. The fourth-order valence-corrected chi connectivity index (χ4v) is 3.13. The van der Waals surface area contributed by atoms with Crippen LogP contribution in [0.2, 0.25) is 0 Å². The summed E-state index contributed by atoms with van der Waals surface area (Å²) in [5, 5.41) is 6.45. The van der Waals surface area contributed by atoms with Crippen molar-refractivity contribution in [1.82, 2.24) is 10.6 Å². The van der Waals surface area contributed by atoms with Gasteiger partial charge in [0, 0.05) is 13.1 Å². The van der Waals surface area contributed by atoms with Crippen LogP contribution in [-0.2, 0) is 10.2 Å². The highest BCUT2D eigenvalue weighted by Gasteiger charge is 2.45. The average Bonchev–Trinajstić information content (AvgIpc) is 2.46. The van der Waals surface area contributed by atoms with Crippen LogP contribution >= 0.6 is 0 Å². The van der Waals surface area contributed by atoms with Crippen LogP contribution in [0.15, 0.2) is 42.0 Å². The molecule has 1 saturated carbocycles. The smallest absolute Gasteiger partial charge is 0.230 e. The van der Waals surface area contributed by atoms with Crippen molar-refractivity contribution in [3.05, 3.63) is 47.5 Å². The normalized spacial score (nSPS) is 20.7. The Morgan fingerprint density at radius 2 is 2.05 bits per heavy atom. The van der Waals surface area contributed by atoms with Gasteiger partial charge < -0.3 is 10.6 Å². The summed E-state index contributed by atoms with van der Waals surface area (Å²) < 4.78 is 0. The largest absolute Gasteiger partial charge is 0.352 e. The molecule has 2 aliphatic rings. The minimum absolute atomic E-state index is 0.203. The second-order valence-electron chi connectivity index (χ2n) is 5.80. The number of rotatable bonds is 4. The molecule has 1 aromatic carbocycles.